The van der Waals surface area contributed by atoms with E-state index in [1.807, 2.05) is 6.33 Å². The van der Waals surface area contributed by atoms with Gasteiger partial charge in [0.25, 0.3) is 0 Å². The van der Waals surface area contributed by atoms with Crippen LogP contribution in [0.1, 0.15) is 31.2 Å². The maximum atomic E-state index is 4.54. The Bertz CT molecular complexity index is 653. The van der Waals surface area contributed by atoms with Gasteiger partial charge in [0.2, 0.25) is 0 Å². The molecule has 0 saturated carbocycles. The lowest BCUT2D eigenvalue weighted by Crippen LogP contribution is -2.34. The molecule has 1 aliphatic rings. The summed E-state index contributed by atoms with van der Waals surface area (Å²) in [5.74, 6) is 0. The molecule has 1 aromatic heterocycles. The predicted molar refractivity (Wildman–Crippen MR) is 91.6 cm³/mol. The highest BCUT2D eigenvalue weighted by molar-refractivity contribution is 9.10. The second kappa shape index (κ2) is 6.32. The van der Waals surface area contributed by atoms with Crippen LogP contribution in [0.15, 0.2) is 35.1 Å². The first-order valence-corrected chi connectivity index (χ1v) is 8.44. The number of rotatable bonds is 4. The first-order valence-electron chi connectivity index (χ1n) is 7.64. The number of nitrogens with one attached hydrogen (secondary N) is 1. The van der Waals surface area contributed by atoms with Crippen LogP contribution >= 0.6 is 15.9 Å². The highest BCUT2D eigenvalue weighted by Gasteiger charge is 2.14. The Morgan fingerprint density at radius 1 is 1.48 bits per heavy atom. The number of imidazole rings is 1. The standard InChI is InChI=1S/C17H22BrN3/c1-12(7-15-5-3-4-6-19-15)10-21-11-20-17-13(2)8-14(18)9-16(17)21/h8-9,11,15,19H,1,3-7,10H2,2H3. The molecule has 1 fully saturated rings. The molecule has 1 unspecified atom stereocenters. The van der Waals surface area contributed by atoms with E-state index in [1.165, 1.54) is 35.9 Å². The fourth-order valence-corrected chi connectivity index (χ4v) is 3.73. The van der Waals surface area contributed by atoms with E-state index in [9.17, 15) is 0 Å². The first-order chi connectivity index (χ1) is 10.1. The Kier molecular flexibility index (Phi) is 4.45. The molecule has 3 rings (SSSR count). The zero-order valence-electron chi connectivity index (χ0n) is 12.5. The SMILES string of the molecule is C=C(CC1CCCCN1)Cn1cnc2c(C)cc(Br)cc21. The number of hydrogen-bond acceptors (Lipinski definition) is 2. The predicted octanol–water partition coefficient (Wildman–Crippen LogP) is 4.20. The lowest BCUT2D eigenvalue weighted by molar-refractivity contribution is 0.395. The number of aromatic nitrogens is 2. The van der Waals surface area contributed by atoms with Gasteiger partial charge in [0.1, 0.15) is 0 Å². The van der Waals surface area contributed by atoms with Crippen molar-refractivity contribution < 1.29 is 0 Å². The minimum Gasteiger partial charge on any atom is -0.326 e. The lowest BCUT2D eigenvalue weighted by atomic mass is 9.98. The quantitative estimate of drug-likeness (QED) is 0.840. The van der Waals surface area contributed by atoms with Crippen LogP contribution in [-0.2, 0) is 6.54 Å². The molecular formula is C17H22BrN3. The van der Waals surface area contributed by atoms with Crippen LogP contribution in [0.2, 0.25) is 0 Å². The zero-order chi connectivity index (χ0) is 14.8. The molecule has 3 nitrogen and oxygen atoms in total. The molecule has 2 heterocycles. The van der Waals surface area contributed by atoms with E-state index in [4.69, 9.17) is 0 Å². The van der Waals surface area contributed by atoms with Crippen molar-refractivity contribution in [3.05, 3.63) is 40.6 Å². The number of nitrogens with zero attached hydrogens (tertiary/aromatic N) is 2. The Labute approximate surface area is 134 Å². The van der Waals surface area contributed by atoms with Gasteiger partial charge in [-0.1, -0.05) is 34.5 Å². The summed E-state index contributed by atoms with van der Waals surface area (Å²) in [5, 5.41) is 3.59. The van der Waals surface area contributed by atoms with Gasteiger partial charge in [-0.2, -0.15) is 0 Å². The number of fused-ring (bicyclic) bond motifs is 1. The fraction of sp³-hybridized carbons (Fsp3) is 0.471. The first kappa shape index (κ1) is 14.8. The number of aryl methyl sites for hydroxylation is 1. The van der Waals surface area contributed by atoms with Crippen LogP contribution < -0.4 is 5.32 Å². The van der Waals surface area contributed by atoms with Crippen LogP contribution in [-0.4, -0.2) is 22.1 Å². The topological polar surface area (TPSA) is 29.9 Å². The normalized spacial score (nSPS) is 19.0. The maximum absolute atomic E-state index is 4.54. The molecule has 1 N–H and O–H groups in total. The van der Waals surface area contributed by atoms with Gasteiger partial charge in [-0.25, -0.2) is 4.98 Å². The highest BCUT2D eigenvalue weighted by atomic mass is 79.9. The number of piperidine rings is 1. The van der Waals surface area contributed by atoms with Gasteiger partial charge in [-0.05, 0) is 50.4 Å². The summed E-state index contributed by atoms with van der Waals surface area (Å²) in [7, 11) is 0. The van der Waals surface area contributed by atoms with Gasteiger partial charge in [0, 0.05) is 17.1 Å². The highest BCUT2D eigenvalue weighted by Crippen LogP contribution is 2.24. The molecule has 1 aliphatic heterocycles. The van der Waals surface area contributed by atoms with Crippen molar-refractivity contribution >= 4 is 27.0 Å². The van der Waals surface area contributed by atoms with Crippen LogP contribution in [0.3, 0.4) is 0 Å². The van der Waals surface area contributed by atoms with Crippen molar-refractivity contribution in [3.63, 3.8) is 0 Å². The van der Waals surface area contributed by atoms with Crippen LogP contribution in [0.25, 0.3) is 11.0 Å². The molecule has 2 aromatic rings. The minimum absolute atomic E-state index is 0.606. The van der Waals surface area contributed by atoms with Gasteiger partial charge >= 0.3 is 0 Å². The molecule has 0 aliphatic carbocycles. The van der Waals surface area contributed by atoms with E-state index < -0.39 is 0 Å². The second-order valence-electron chi connectivity index (χ2n) is 6.06. The number of halogens is 1. The van der Waals surface area contributed by atoms with Crippen molar-refractivity contribution in [2.75, 3.05) is 6.54 Å². The van der Waals surface area contributed by atoms with E-state index in [1.54, 1.807) is 0 Å². The van der Waals surface area contributed by atoms with Gasteiger partial charge < -0.3 is 9.88 Å². The van der Waals surface area contributed by atoms with E-state index >= 15 is 0 Å². The van der Waals surface area contributed by atoms with E-state index in [0.717, 1.165) is 29.5 Å². The molecular weight excluding hydrogens is 326 g/mol. The summed E-state index contributed by atoms with van der Waals surface area (Å²) in [5.41, 5.74) is 4.74. The monoisotopic (exact) mass is 347 g/mol. The molecule has 1 atom stereocenters. The minimum atomic E-state index is 0.606. The Balaban J connectivity index is 1.73. The third-order valence-electron chi connectivity index (χ3n) is 4.22. The average molecular weight is 348 g/mol. The smallest absolute Gasteiger partial charge is 0.0961 e. The summed E-state index contributed by atoms with van der Waals surface area (Å²) < 4.78 is 3.31. The molecule has 112 valence electrons. The van der Waals surface area contributed by atoms with E-state index in [-0.39, 0.29) is 0 Å². The summed E-state index contributed by atoms with van der Waals surface area (Å²) in [6.07, 6.45) is 6.91. The summed E-state index contributed by atoms with van der Waals surface area (Å²) in [6.45, 7) is 8.38. The molecule has 1 saturated heterocycles. The Morgan fingerprint density at radius 2 is 2.33 bits per heavy atom. The summed E-state index contributed by atoms with van der Waals surface area (Å²) in [4.78, 5) is 4.54. The lowest BCUT2D eigenvalue weighted by Gasteiger charge is -2.24. The second-order valence-corrected chi connectivity index (χ2v) is 6.98. The van der Waals surface area contributed by atoms with E-state index in [0.29, 0.717) is 6.04 Å². The Morgan fingerprint density at radius 3 is 3.10 bits per heavy atom. The molecule has 1 aromatic carbocycles. The molecule has 0 spiro atoms. The largest absolute Gasteiger partial charge is 0.326 e. The van der Waals surface area contributed by atoms with Crippen molar-refractivity contribution in [3.8, 4) is 0 Å². The molecule has 0 bridgehead atoms. The van der Waals surface area contributed by atoms with Crippen molar-refractivity contribution in [2.24, 2.45) is 0 Å². The summed E-state index contributed by atoms with van der Waals surface area (Å²) >= 11 is 3.57. The number of hydrogen-bond donors (Lipinski definition) is 1. The fourth-order valence-electron chi connectivity index (χ4n) is 3.17. The van der Waals surface area contributed by atoms with Crippen LogP contribution in [0, 0.1) is 6.92 Å². The van der Waals surface area contributed by atoms with Gasteiger partial charge in [0.15, 0.2) is 0 Å². The molecule has 0 radical (unpaired) electrons. The molecule has 4 heteroatoms. The number of benzene rings is 1. The summed E-state index contributed by atoms with van der Waals surface area (Å²) in [6, 6.07) is 4.86. The van der Waals surface area contributed by atoms with Crippen LogP contribution in [0.4, 0.5) is 0 Å². The van der Waals surface area contributed by atoms with Crippen LogP contribution in [0.5, 0.6) is 0 Å². The van der Waals surface area contributed by atoms with E-state index in [2.05, 4.69) is 56.4 Å². The molecule has 21 heavy (non-hydrogen) atoms. The van der Waals surface area contributed by atoms with Crippen molar-refractivity contribution in [1.29, 1.82) is 0 Å². The zero-order valence-corrected chi connectivity index (χ0v) is 14.1. The van der Waals surface area contributed by atoms with Crippen molar-refractivity contribution in [2.45, 2.75) is 45.2 Å². The third-order valence-corrected chi connectivity index (χ3v) is 4.68. The van der Waals surface area contributed by atoms with Gasteiger partial charge in [0.05, 0.1) is 17.4 Å². The maximum Gasteiger partial charge on any atom is 0.0961 e. The third kappa shape index (κ3) is 3.38. The Hall–Kier alpha value is -1.13. The average Bonchev–Trinajstić information content (AvgIpc) is 2.83. The van der Waals surface area contributed by atoms with Gasteiger partial charge in [-0.3, -0.25) is 0 Å². The molecule has 0 amide bonds. The van der Waals surface area contributed by atoms with Crippen molar-refractivity contribution in [1.82, 2.24) is 14.9 Å². The van der Waals surface area contributed by atoms with Gasteiger partial charge in [-0.15, -0.1) is 0 Å².